The molecule has 4 heteroatoms. The summed E-state index contributed by atoms with van der Waals surface area (Å²) in [4.78, 5) is 12.2. The SMILES string of the molecule is C=CCOc1cccc(NC(=O)C2(N)CCCC2)c1. The number of nitrogens with two attached hydrogens (primary N) is 1. The summed E-state index contributed by atoms with van der Waals surface area (Å²) in [5.41, 5.74) is 6.11. The van der Waals surface area contributed by atoms with Crippen LogP contribution in [0.2, 0.25) is 0 Å². The lowest BCUT2D eigenvalue weighted by atomic mass is 9.98. The fourth-order valence-corrected chi connectivity index (χ4v) is 2.31. The molecule has 0 radical (unpaired) electrons. The number of amides is 1. The second-order valence-corrected chi connectivity index (χ2v) is 4.94. The zero-order chi connectivity index (χ0) is 13.7. The van der Waals surface area contributed by atoms with Crippen LogP contribution in [0.1, 0.15) is 25.7 Å². The molecule has 102 valence electrons. The van der Waals surface area contributed by atoms with Gasteiger partial charge in [0, 0.05) is 11.8 Å². The molecule has 0 aromatic heterocycles. The highest BCUT2D eigenvalue weighted by atomic mass is 16.5. The van der Waals surface area contributed by atoms with E-state index in [4.69, 9.17) is 10.5 Å². The Kier molecular flexibility index (Phi) is 4.22. The second kappa shape index (κ2) is 5.89. The zero-order valence-electron chi connectivity index (χ0n) is 11.0. The van der Waals surface area contributed by atoms with Crippen LogP contribution < -0.4 is 15.8 Å². The number of benzene rings is 1. The van der Waals surface area contributed by atoms with Crippen LogP contribution in [0.4, 0.5) is 5.69 Å². The average Bonchev–Trinajstić information content (AvgIpc) is 2.85. The zero-order valence-corrected chi connectivity index (χ0v) is 11.0. The molecule has 0 aliphatic heterocycles. The molecule has 0 saturated heterocycles. The molecular formula is C15H20N2O2. The third-order valence-electron chi connectivity index (χ3n) is 3.41. The van der Waals surface area contributed by atoms with Crippen LogP contribution in [0.3, 0.4) is 0 Å². The number of carbonyl (C=O) groups is 1. The summed E-state index contributed by atoms with van der Waals surface area (Å²) >= 11 is 0. The lowest BCUT2D eigenvalue weighted by Crippen LogP contribution is -2.48. The summed E-state index contributed by atoms with van der Waals surface area (Å²) in [6.07, 6.45) is 5.23. The third-order valence-corrected chi connectivity index (χ3v) is 3.41. The largest absolute Gasteiger partial charge is 0.489 e. The van der Waals surface area contributed by atoms with Crippen molar-refractivity contribution in [2.45, 2.75) is 31.2 Å². The van der Waals surface area contributed by atoms with Crippen molar-refractivity contribution in [3.8, 4) is 5.75 Å². The summed E-state index contributed by atoms with van der Waals surface area (Å²) < 4.78 is 5.43. The fraction of sp³-hybridized carbons (Fsp3) is 0.400. The van der Waals surface area contributed by atoms with Gasteiger partial charge in [-0.15, -0.1) is 0 Å². The first-order valence-electron chi connectivity index (χ1n) is 6.58. The standard InChI is InChI=1S/C15H20N2O2/c1-2-10-19-13-7-5-6-12(11-13)17-14(18)15(16)8-3-4-9-15/h2,5-7,11H,1,3-4,8-10,16H2,(H,17,18). The topological polar surface area (TPSA) is 64.3 Å². The van der Waals surface area contributed by atoms with E-state index in [0.29, 0.717) is 18.0 Å². The van der Waals surface area contributed by atoms with Crippen molar-refractivity contribution in [1.29, 1.82) is 0 Å². The fourth-order valence-electron chi connectivity index (χ4n) is 2.31. The molecule has 1 aliphatic rings. The average molecular weight is 260 g/mol. The van der Waals surface area contributed by atoms with Crippen molar-refractivity contribution in [1.82, 2.24) is 0 Å². The van der Waals surface area contributed by atoms with E-state index in [-0.39, 0.29) is 5.91 Å². The predicted molar refractivity (Wildman–Crippen MR) is 76.2 cm³/mol. The van der Waals surface area contributed by atoms with Crippen molar-refractivity contribution in [3.05, 3.63) is 36.9 Å². The van der Waals surface area contributed by atoms with Crippen molar-refractivity contribution >= 4 is 11.6 Å². The number of hydrogen-bond acceptors (Lipinski definition) is 3. The van der Waals surface area contributed by atoms with Crippen LogP contribution in [0.5, 0.6) is 5.75 Å². The van der Waals surface area contributed by atoms with Crippen molar-refractivity contribution in [3.63, 3.8) is 0 Å². The van der Waals surface area contributed by atoms with E-state index in [1.54, 1.807) is 12.1 Å². The van der Waals surface area contributed by atoms with Crippen LogP contribution in [-0.4, -0.2) is 18.1 Å². The molecule has 0 bridgehead atoms. The maximum Gasteiger partial charge on any atom is 0.244 e. The van der Waals surface area contributed by atoms with Crippen molar-refractivity contribution in [2.75, 3.05) is 11.9 Å². The van der Waals surface area contributed by atoms with Crippen LogP contribution in [-0.2, 0) is 4.79 Å². The Morgan fingerprint density at radius 3 is 2.89 bits per heavy atom. The quantitative estimate of drug-likeness (QED) is 0.799. The van der Waals surface area contributed by atoms with E-state index in [1.165, 1.54) is 0 Å². The maximum absolute atomic E-state index is 12.2. The lowest BCUT2D eigenvalue weighted by Gasteiger charge is -2.22. The number of carbonyl (C=O) groups excluding carboxylic acids is 1. The monoisotopic (exact) mass is 260 g/mol. The number of ether oxygens (including phenoxy) is 1. The molecule has 1 saturated carbocycles. The van der Waals surface area contributed by atoms with Crippen LogP contribution in [0.15, 0.2) is 36.9 Å². The molecule has 1 aliphatic carbocycles. The smallest absolute Gasteiger partial charge is 0.244 e. The molecule has 1 aromatic rings. The predicted octanol–water partition coefficient (Wildman–Crippen LogP) is 2.46. The molecule has 19 heavy (non-hydrogen) atoms. The van der Waals surface area contributed by atoms with Crippen LogP contribution in [0.25, 0.3) is 0 Å². The summed E-state index contributed by atoms with van der Waals surface area (Å²) in [5.74, 6) is 0.598. The van der Waals surface area contributed by atoms with Crippen molar-refractivity contribution in [2.24, 2.45) is 5.73 Å². The molecule has 1 fully saturated rings. The second-order valence-electron chi connectivity index (χ2n) is 4.94. The van der Waals surface area contributed by atoms with Gasteiger partial charge in [0.1, 0.15) is 12.4 Å². The molecule has 3 N–H and O–H groups in total. The Labute approximate surface area is 113 Å². The van der Waals surface area contributed by atoms with Crippen LogP contribution in [0, 0.1) is 0 Å². The minimum Gasteiger partial charge on any atom is -0.489 e. The van der Waals surface area contributed by atoms with Gasteiger partial charge in [-0.2, -0.15) is 0 Å². The minimum atomic E-state index is -0.710. The summed E-state index contributed by atoms with van der Waals surface area (Å²) in [6.45, 7) is 4.04. The number of nitrogens with one attached hydrogen (secondary N) is 1. The summed E-state index contributed by atoms with van der Waals surface area (Å²) in [7, 11) is 0. The molecule has 1 amide bonds. The molecule has 4 nitrogen and oxygen atoms in total. The Balaban J connectivity index is 2.02. The van der Waals surface area contributed by atoms with Gasteiger partial charge in [0.05, 0.1) is 5.54 Å². The van der Waals surface area contributed by atoms with Gasteiger partial charge in [0.15, 0.2) is 0 Å². The first kappa shape index (κ1) is 13.6. The van der Waals surface area contributed by atoms with Crippen LogP contribution >= 0.6 is 0 Å². The van der Waals surface area contributed by atoms with E-state index in [9.17, 15) is 4.79 Å². The van der Waals surface area contributed by atoms with Gasteiger partial charge < -0.3 is 15.8 Å². The first-order chi connectivity index (χ1) is 9.14. The van der Waals surface area contributed by atoms with Gasteiger partial charge in [0.2, 0.25) is 5.91 Å². The number of rotatable bonds is 5. The molecule has 1 aromatic carbocycles. The Morgan fingerprint density at radius 1 is 1.47 bits per heavy atom. The van der Waals surface area contributed by atoms with Gasteiger partial charge in [-0.25, -0.2) is 0 Å². The lowest BCUT2D eigenvalue weighted by molar-refractivity contribution is -0.121. The van der Waals surface area contributed by atoms with Gasteiger partial charge >= 0.3 is 0 Å². The molecule has 0 heterocycles. The summed E-state index contributed by atoms with van der Waals surface area (Å²) in [5, 5.41) is 2.87. The number of anilines is 1. The molecule has 0 unspecified atom stereocenters. The molecular weight excluding hydrogens is 240 g/mol. The molecule has 0 atom stereocenters. The Morgan fingerprint density at radius 2 is 2.21 bits per heavy atom. The highest BCUT2D eigenvalue weighted by molar-refractivity contribution is 5.98. The van der Waals surface area contributed by atoms with Gasteiger partial charge in [-0.05, 0) is 25.0 Å². The van der Waals surface area contributed by atoms with E-state index in [1.807, 2.05) is 18.2 Å². The maximum atomic E-state index is 12.2. The van der Waals surface area contributed by atoms with E-state index >= 15 is 0 Å². The normalized spacial score (nSPS) is 16.9. The molecule has 2 rings (SSSR count). The third kappa shape index (κ3) is 3.35. The highest BCUT2D eigenvalue weighted by Gasteiger charge is 2.36. The van der Waals surface area contributed by atoms with Gasteiger partial charge in [0.25, 0.3) is 0 Å². The van der Waals surface area contributed by atoms with E-state index < -0.39 is 5.54 Å². The Hall–Kier alpha value is -1.81. The first-order valence-corrected chi connectivity index (χ1v) is 6.58. The summed E-state index contributed by atoms with van der Waals surface area (Å²) in [6, 6.07) is 7.30. The van der Waals surface area contributed by atoms with Gasteiger partial charge in [-0.1, -0.05) is 31.6 Å². The highest BCUT2D eigenvalue weighted by Crippen LogP contribution is 2.28. The van der Waals surface area contributed by atoms with Gasteiger partial charge in [-0.3, -0.25) is 4.79 Å². The molecule has 0 spiro atoms. The van der Waals surface area contributed by atoms with E-state index in [0.717, 1.165) is 25.7 Å². The van der Waals surface area contributed by atoms with E-state index in [2.05, 4.69) is 11.9 Å². The number of hydrogen-bond donors (Lipinski definition) is 2. The van der Waals surface area contributed by atoms with Crippen molar-refractivity contribution < 1.29 is 9.53 Å². The Bertz CT molecular complexity index is 465. The minimum absolute atomic E-state index is 0.106.